The topological polar surface area (TPSA) is 427 Å². The van der Waals surface area contributed by atoms with Crippen LogP contribution in [0.1, 0.15) is 150 Å². The number of aromatic nitrogens is 15. The van der Waals surface area contributed by atoms with Gasteiger partial charge in [0.15, 0.2) is 0 Å². The van der Waals surface area contributed by atoms with Gasteiger partial charge < -0.3 is 56.2 Å². The van der Waals surface area contributed by atoms with E-state index in [2.05, 4.69) is 121 Å². The zero-order chi connectivity index (χ0) is 95.3. The summed E-state index contributed by atoms with van der Waals surface area (Å²) in [6.45, 7) is 17.2. The molecule has 0 spiro atoms. The van der Waals surface area contributed by atoms with Crippen molar-refractivity contribution in [2.45, 2.75) is 157 Å². The van der Waals surface area contributed by atoms with E-state index < -0.39 is 12.1 Å². The first-order valence-electron chi connectivity index (χ1n) is 45.2. The van der Waals surface area contributed by atoms with Gasteiger partial charge in [0.2, 0.25) is 0 Å². The lowest BCUT2D eigenvalue weighted by Crippen LogP contribution is -2.27. The van der Waals surface area contributed by atoms with E-state index in [0.29, 0.717) is 178 Å². The highest BCUT2D eigenvalue weighted by Gasteiger charge is 2.26. The molecule has 3 aliphatic rings. The number of alkyl halides is 3. The highest BCUT2D eigenvalue weighted by atomic mass is 35.5. The van der Waals surface area contributed by atoms with Crippen molar-refractivity contribution in [3.05, 3.63) is 234 Å². The molecule has 19 rings (SSSR count). The Morgan fingerprint density at radius 2 is 0.741 bits per heavy atom. The van der Waals surface area contributed by atoms with Crippen LogP contribution in [0.4, 0.5) is 13.2 Å². The van der Waals surface area contributed by atoms with E-state index in [1.807, 2.05) is 78.4 Å². The average Bonchev–Trinajstić information content (AvgIpc) is 1.68. The van der Waals surface area contributed by atoms with Gasteiger partial charge in [-0.15, -0.1) is 0 Å². The van der Waals surface area contributed by atoms with Crippen LogP contribution in [0.3, 0.4) is 0 Å². The average molecular weight is 1840 g/mol. The van der Waals surface area contributed by atoms with Gasteiger partial charge in [0.05, 0.1) is 61.1 Å². The summed E-state index contributed by atoms with van der Waals surface area (Å²) in [7, 11) is 0. The number of nitrogens with zero attached hydrogens (tertiary/aromatic N) is 11. The summed E-state index contributed by atoms with van der Waals surface area (Å²) >= 11 is 5.90. The molecular weight excluding hydrogens is 1740 g/mol. The first-order chi connectivity index (χ1) is 65.2. The number of aliphatic carboxylic acids is 1. The molecule has 10 aromatic heterocycles. The van der Waals surface area contributed by atoms with Gasteiger partial charge in [0.1, 0.15) is 27.6 Å². The number of carboxylic acids is 1. The second-order valence-electron chi connectivity index (χ2n) is 33.9. The van der Waals surface area contributed by atoms with Gasteiger partial charge in [-0.2, -0.15) is 38.7 Å². The molecule has 16 aromatic rings. The lowest BCUT2D eigenvalue weighted by atomic mass is 10.1. The summed E-state index contributed by atoms with van der Waals surface area (Å²) < 4.78 is 45.6. The van der Waals surface area contributed by atoms with E-state index in [4.69, 9.17) is 39.6 Å². The number of aryl methyl sites for hydroxylation is 10. The van der Waals surface area contributed by atoms with Gasteiger partial charge >= 0.3 is 12.1 Å². The SMILES string of the molecule is Cc1[nH]nc2c1c(=O)n(CCCN)c1ccc(C#CC(=O)O)cc21.Cc1[nH]nc2c1c(=O)n(CCCN)c1ccc(C#CC(F)(F)F)cc21.Cc1[nH]nc2c1c(=O)n(CCCN)c1ccc(C#CC3CC3)cc21.Cc1[nH]nc2c1c(=O)n(CCCN)c1ccc(C#CC3CCCC3)cc21.Cc1[nH]nc2c1c(=O)n(CCCNC(=O)c1ccc(Cl)cc1)c1ccc(C#CCN3CCCC3)cc21. The highest BCUT2D eigenvalue weighted by molar-refractivity contribution is 6.30. The molecular formula is C102H103ClF3N21O8. The van der Waals surface area contributed by atoms with Crippen molar-refractivity contribution in [3.63, 3.8) is 0 Å². The van der Waals surface area contributed by atoms with Gasteiger partial charge in [-0.3, -0.25) is 59.2 Å². The number of carboxylic acid groups (broad SMARTS) is 1. The van der Waals surface area contributed by atoms with Gasteiger partial charge in [-0.05, 0) is 260 Å². The number of rotatable bonds is 18. The third kappa shape index (κ3) is 21.5. The van der Waals surface area contributed by atoms with Crippen molar-refractivity contribution >= 4 is 133 Å². The van der Waals surface area contributed by atoms with Crippen LogP contribution in [0.5, 0.6) is 0 Å². The molecule has 692 valence electrons. The number of pyridine rings is 5. The minimum atomic E-state index is -4.56. The van der Waals surface area contributed by atoms with Crippen molar-refractivity contribution in [1.82, 2.24) is 84.0 Å². The number of H-pyrrole nitrogens is 5. The third-order valence-corrected chi connectivity index (χ3v) is 24.5. The van der Waals surface area contributed by atoms with Gasteiger partial charge in [-0.25, -0.2) is 4.79 Å². The van der Waals surface area contributed by atoms with Crippen molar-refractivity contribution in [2.24, 2.45) is 34.8 Å². The molecule has 2 aliphatic carbocycles. The molecule has 6 aromatic carbocycles. The Kier molecular flexibility index (Phi) is 29.9. The molecule has 0 unspecified atom stereocenters. The fraction of sp³-hybridized carbons (Fsp3) is 0.333. The highest BCUT2D eigenvalue weighted by Crippen LogP contribution is 2.33. The number of nitrogens with one attached hydrogen (secondary N) is 6. The second-order valence-corrected chi connectivity index (χ2v) is 34.3. The van der Waals surface area contributed by atoms with Crippen LogP contribution >= 0.6 is 11.6 Å². The molecule has 15 N–H and O–H groups in total. The molecule has 1 amide bonds. The van der Waals surface area contributed by atoms with Crippen LogP contribution in [-0.4, -0.2) is 154 Å². The Labute approximate surface area is 777 Å². The van der Waals surface area contributed by atoms with Gasteiger partial charge in [-0.1, -0.05) is 71.8 Å². The van der Waals surface area contributed by atoms with E-state index in [1.54, 1.807) is 76.1 Å². The third-order valence-electron chi connectivity index (χ3n) is 24.2. The number of carbonyl (C=O) groups is 2. The summed E-state index contributed by atoms with van der Waals surface area (Å²) in [5.74, 6) is 27.6. The molecule has 135 heavy (non-hydrogen) atoms. The quantitative estimate of drug-likeness (QED) is 0.0281. The maximum atomic E-state index is 13.4. The number of hydrogen-bond acceptors (Lipinski definition) is 17. The Bertz CT molecular complexity index is 7950. The van der Waals surface area contributed by atoms with E-state index in [1.165, 1.54) is 69.4 Å². The number of halogens is 4. The van der Waals surface area contributed by atoms with Crippen LogP contribution in [0.2, 0.25) is 5.02 Å². The van der Waals surface area contributed by atoms with E-state index >= 15 is 0 Å². The Morgan fingerprint density at radius 3 is 1.06 bits per heavy atom. The first-order valence-corrected chi connectivity index (χ1v) is 45.6. The number of fused-ring (bicyclic) bond motifs is 15. The van der Waals surface area contributed by atoms with Crippen molar-refractivity contribution in [1.29, 1.82) is 0 Å². The van der Waals surface area contributed by atoms with Crippen LogP contribution < -0.4 is 56.0 Å². The normalized spacial score (nSPS) is 13.1. The Hall–Kier alpha value is -14.7. The minimum Gasteiger partial charge on any atom is -0.472 e. The number of aromatic amines is 5. The molecule has 1 saturated heterocycles. The lowest BCUT2D eigenvalue weighted by molar-refractivity contribution is -0.130. The first kappa shape index (κ1) is 95.0. The van der Waals surface area contributed by atoms with Crippen molar-refractivity contribution in [3.8, 4) is 59.2 Å². The molecule has 1 aliphatic heterocycles. The number of amides is 1. The summed E-state index contributed by atoms with van der Waals surface area (Å²) in [5.41, 5.74) is 36.9. The molecule has 11 heterocycles. The van der Waals surface area contributed by atoms with Crippen molar-refractivity contribution < 1.29 is 27.9 Å². The van der Waals surface area contributed by atoms with Crippen LogP contribution in [0.15, 0.2) is 139 Å². The van der Waals surface area contributed by atoms with E-state index in [-0.39, 0.29) is 39.3 Å². The number of carbonyl (C=O) groups excluding carboxylic acids is 1. The zero-order valence-electron chi connectivity index (χ0n) is 75.6. The Morgan fingerprint density at radius 1 is 0.430 bits per heavy atom. The van der Waals surface area contributed by atoms with Crippen LogP contribution in [0, 0.1) is 106 Å². The molecule has 0 radical (unpaired) electrons. The number of nitrogens with two attached hydrogens (primary N) is 4. The zero-order valence-corrected chi connectivity index (χ0v) is 76.3. The molecule has 29 nitrogen and oxygen atoms in total. The molecule has 0 atom stereocenters. The number of benzene rings is 6. The summed E-state index contributed by atoms with van der Waals surface area (Å²) in [6.07, 6.45) is 8.77. The fourth-order valence-electron chi connectivity index (χ4n) is 17.2. The molecule has 0 bridgehead atoms. The lowest BCUT2D eigenvalue weighted by Gasteiger charge is -2.12. The predicted molar refractivity (Wildman–Crippen MR) is 525 cm³/mol. The van der Waals surface area contributed by atoms with Crippen molar-refractivity contribution in [2.75, 3.05) is 52.4 Å². The largest absolute Gasteiger partial charge is 0.472 e. The monoisotopic (exact) mass is 1840 g/mol. The summed E-state index contributed by atoms with van der Waals surface area (Å²) in [5, 5.41) is 55.3. The van der Waals surface area contributed by atoms with Crippen LogP contribution in [0.25, 0.3) is 109 Å². The summed E-state index contributed by atoms with van der Waals surface area (Å²) in [6, 6.07) is 34.6. The predicted octanol–water partition coefficient (Wildman–Crippen LogP) is 12.9. The minimum absolute atomic E-state index is 0.00279. The maximum Gasteiger partial charge on any atom is 0.458 e. The van der Waals surface area contributed by atoms with Crippen LogP contribution in [-0.2, 0) is 37.5 Å². The van der Waals surface area contributed by atoms with Gasteiger partial charge in [0, 0.05) is 157 Å². The molecule has 3 fully saturated rings. The standard InChI is InChI=1S/C28H28ClN5O2.C21H24N4O.C19H20N4O.C17H15F3N4O.C17H16N4O3/c1-19-25-26(32-31-19)23-18-20(6-4-16-33-14-2-3-15-33)7-12-24(23)34(28(25)36)17-5-13-30-27(35)21-8-10-22(29)11-9-21;1-14-19-20(24-23-14)17-13-16(8-7-15-5-2-3-6-15)9-10-18(17)25(21(19)26)12-4-11-22;1-12-17-18(22-21-12)15-11-14(6-5-13-3-4-13)7-8-16(15)23(19(17)24)10-2-9-20;1-10-14-15(23-22-10)12-9-11(5-6-17(18,19)20)3-4-13(12)24(16(14)25)8-2-7-21;1-10-15-16(20-19-10)12-9-11(4-6-14(22)23)3-5-13(12)21(17(15)24)8-2-7-18/h7-12,18H,2-3,5,13-17H2,1H3,(H,30,35)(H,31,32);9-10,13,15H,2-6,11-12,22H2,1H3,(H,23,24);7-8,11,13H,2-4,9-10,20H2,1H3,(H,21,22);3-4,9H,2,7-8,21H2,1H3,(H,22,23);3,5,9H,2,7-8,18H2,1H3,(H,19,20)(H,22,23). The van der Waals surface area contributed by atoms with E-state index in [9.17, 15) is 46.7 Å². The smallest absolute Gasteiger partial charge is 0.458 e. The second kappa shape index (κ2) is 42.5. The number of hydrogen-bond donors (Lipinski definition) is 11. The fourth-order valence-corrected chi connectivity index (χ4v) is 17.4. The molecule has 2 saturated carbocycles. The van der Waals surface area contributed by atoms with Gasteiger partial charge in [0.25, 0.3) is 33.7 Å². The van der Waals surface area contributed by atoms with E-state index in [0.717, 1.165) is 121 Å². The maximum absolute atomic E-state index is 13.4. The molecule has 33 heteroatoms. The number of likely N-dealkylation sites (tertiary alicyclic amines) is 1. The summed E-state index contributed by atoms with van der Waals surface area (Å²) in [4.78, 5) is 90.1. The Balaban J connectivity index is 0.000000130.